The SMILES string of the molecule is OB(O)O.[Ba+2].[O-]B([O-])O.[SiH4]. The molecule has 0 aliphatic carbocycles. The van der Waals surface area contributed by atoms with Crippen molar-refractivity contribution >= 4 is 74.5 Å². The van der Waals surface area contributed by atoms with Crippen LogP contribution >= 0.6 is 0 Å². The fraction of sp³-hybridized carbons (Fsp3) is 0. The van der Waals surface area contributed by atoms with E-state index in [0.29, 0.717) is 0 Å². The molecule has 0 radical (unpaired) electrons. The van der Waals surface area contributed by atoms with Crippen LogP contribution in [0.25, 0.3) is 0 Å². The Hall–Kier alpha value is 1.68. The molecule has 0 unspecified atom stereocenters. The minimum Gasteiger partial charge on any atom is -0.871 e. The predicted octanol–water partition coefficient (Wildman–Crippen LogP) is -7.20. The summed E-state index contributed by atoms with van der Waals surface area (Å²) in [5.74, 6) is 0. The summed E-state index contributed by atoms with van der Waals surface area (Å²) in [6, 6.07) is 0. The fourth-order valence-electron chi connectivity index (χ4n) is 0. The molecule has 0 aromatic rings. The Balaban J connectivity index is -0.0000000300. The van der Waals surface area contributed by atoms with Crippen molar-refractivity contribution in [3.8, 4) is 0 Å². The second kappa shape index (κ2) is 17.0. The first-order valence-electron chi connectivity index (χ1n) is 1.50. The average Bonchev–Trinajstić information content (AvgIpc) is 1.25. The zero-order chi connectivity index (χ0) is 7.15. The van der Waals surface area contributed by atoms with E-state index in [2.05, 4.69) is 0 Å². The van der Waals surface area contributed by atoms with Gasteiger partial charge in [-0.2, -0.15) is 0 Å². The zero-order valence-corrected chi connectivity index (χ0v) is 8.91. The van der Waals surface area contributed by atoms with Gasteiger partial charge in [0.15, 0.2) is 0 Å². The van der Waals surface area contributed by atoms with E-state index in [1.807, 2.05) is 0 Å². The molecule has 0 rings (SSSR count). The molecule has 0 atom stereocenters. The van der Waals surface area contributed by atoms with Crippen molar-refractivity contribution in [2.75, 3.05) is 0 Å². The number of rotatable bonds is 0. The van der Waals surface area contributed by atoms with Crippen molar-refractivity contribution in [2.45, 2.75) is 0 Å². The molecule has 0 heterocycles. The topological polar surface area (TPSA) is 127 Å². The van der Waals surface area contributed by atoms with E-state index < -0.39 is 14.6 Å². The van der Waals surface area contributed by atoms with Gasteiger partial charge in [-0.15, -0.1) is 0 Å². The largest absolute Gasteiger partial charge is 2.00 e. The van der Waals surface area contributed by atoms with Gasteiger partial charge in [-0.05, 0) is 11.0 Å². The van der Waals surface area contributed by atoms with Gasteiger partial charge in [0.1, 0.15) is 0 Å². The summed E-state index contributed by atoms with van der Waals surface area (Å²) >= 11 is 0. The molecule has 0 saturated carbocycles. The van der Waals surface area contributed by atoms with Crippen molar-refractivity contribution in [2.24, 2.45) is 0 Å². The molecule has 6 nitrogen and oxygen atoms in total. The maximum atomic E-state index is 8.53. The molecule has 0 saturated heterocycles. The quantitative estimate of drug-likeness (QED) is 0.328. The number of hydrogen-bond acceptors (Lipinski definition) is 6. The summed E-state index contributed by atoms with van der Waals surface area (Å²) in [5.41, 5.74) is 0. The molecule has 0 aromatic heterocycles. The van der Waals surface area contributed by atoms with E-state index in [-0.39, 0.29) is 59.8 Å². The van der Waals surface area contributed by atoms with Crippen LogP contribution in [0, 0.1) is 0 Å². The molecule has 0 aromatic carbocycles. The first-order chi connectivity index (χ1) is 3.46. The van der Waals surface area contributed by atoms with Gasteiger partial charge < -0.3 is 30.1 Å². The van der Waals surface area contributed by atoms with Crippen LogP contribution in [0.15, 0.2) is 0 Å². The molecule has 0 aliphatic heterocycles. The molecular weight excluding hydrogens is 283 g/mol. The van der Waals surface area contributed by atoms with Crippen LogP contribution in [0.3, 0.4) is 0 Å². The van der Waals surface area contributed by atoms with Crippen LogP contribution in [0.1, 0.15) is 0 Å². The van der Waals surface area contributed by atoms with Crippen LogP contribution in [0.2, 0.25) is 0 Å². The summed E-state index contributed by atoms with van der Waals surface area (Å²) in [7, 11) is -4.83. The standard InChI is InChI=1S/BH3O3.BHO3.Ba.H4Si/c2*2-1(3)4;;/h2-4H;2H;;1H4/q;-2;+2;. The molecule has 10 heavy (non-hydrogen) atoms. The van der Waals surface area contributed by atoms with Gasteiger partial charge in [-0.3, -0.25) is 0 Å². The third-order valence-corrected chi connectivity index (χ3v) is 0. The van der Waals surface area contributed by atoms with Gasteiger partial charge in [0.2, 0.25) is 0 Å². The van der Waals surface area contributed by atoms with Crippen molar-refractivity contribution in [1.82, 2.24) is 0 Å². The fourth-order valence-corrected chi connectivity index (χ4v) is 0. The Labute approximate surface area is 103 Å². The van der Waals surface area contributed by atoms with E-state index in [1.54, 1.807) is 0 Å². The van der Waals surface area contributed by atoms with Gasteiger partial charge in [-0.1, -0.05) is 0 Å². The predicted molar refractivity (Wildman–Crippen MR) is 37.5 cm³/mol. The molecule has 0 bridgehead atoms. The van der Waals surface area contributed by atoms with Crippen molar-refractivity contribution < 1.29 is 30.1 Å². The van der Waals surface area contributed by atoms with E-state index in [4.69, 9.17) is 30.1 Å². The number of hydrogen-bond donors (Lipinski definition) is 4. The summed E-state index contributed by atoms with van der Waals surface area (Å²) in [5, 5.41) is 45.5. The zero-order valence-electron chi connectivity index (χ0n) is 4.47. The summed E-state index contributed by atoms with van der Waals surface area (Å²) in [6.45, 7) is 0. The van der Waals surface area contributed by atoms with Crippen LogP contribution in [0.4, 0.5) is 0 Å². The van der Waals surface area contributed by atoms with Gasteiger partial charge in [0.25, 0.3) is 0 Å². The van der Waals surface area contributed by atoms with Gasteiger partial charge in [-0.25, -0.2) is 0 Å². The van der Waals surface area contributed by atoms with Gasteiger partial charge in [0, 0.05) is 0 Å². The molecule has 0 spiro atoms. The van der Waals surface area contributed by atoms with Crippen LogP contribution in [0.5, 0.6) is 0 Å². The second-order valence-corrected chi connectivity index (χ2v) is 0.653. The van der Waals surface area contributed by atoms with Crippen molar-refractivity contribution in [3.63, 3.8) is 0 Å². The third-order valence-electron chi connectivity index (χ3n) is 0. The maximum absolute atomic E-state index is 8.53. The molecular formula is H8B2BaO6Si. The molecule has 4 N–H and O–H groups in total. The van der Waals surface area contributed by atoms with Crippen LogP contribution < -0.4 is 10.0 Å². The van der Waals surface area contributed by atoms with Crippen LogP contribution in [-0.4, -0.2) is 94.6 Å². The molecule has 0 fully saturated rings. The maximum Gasteiger partial charge on any atom is 2.00 e. The first kappa shape index (κ1) is 22.6. The molecule has 0 aliphatic rings. The van der Waals surface area contributed by atoms with Gasteiger partial charge in [0.05, 0.1) is 7.32 Å². The van der Waals surface area contributed by atoms with Crippen LogP contribution in [-0.2, 0) is 0 Å². The smallest absolute Gasteiger partial charge is 0.871 e. The second-order valence-electron chi connectivity index (χ2n) is 0.653. The average molecular weight is 291 g/mol. The Morgan fingerprint density at radius 2 is 0.900 bits per heavy atom. The Morgan fingerprint density at radius 3 is 0.900 bits per heavy atom. The normalized spacial score (nSPS) is 5.40. The minimum absolute atomic E-state index is 0. The first-order valence-corrected chi connectivity index (χ1v) is 1.50. The molecule has 0 amide bonds. The van der Waals surface area contributed by atoms with Crippen molar-refractivity contribution in [3.05, 3.63) is 0 Å². The summed E-state index contributed by atoms with van der Waals surface area (Å²) in [4.78, 5) is 0. The minimum atomic E-state index is -2.67. The summed E-state index contributed by atoms with van der Waals surface area (Å²) < 4.78 is 0. The van der Waals surface area contributed by atoms with E-state index >= 15 is 0 Å². The van der Waals surface area contributed by atoms with E-state index in [9.17, 15) is 0 Å². The van der Waals surface area contributed by atoms with E-state index in [1.165, 1.54) is 0 Å². The third kappa shape index (κ3) is 259. The Kier molecular flexibility index (Phi) is 38.3. The van der Waals surface area contributed by atoms with Gasteiger partial charge >= 0.3 is 56.2 Å². The van der Waals surface area contributed by atoms with E-state index in [0.717, 1.165) is 0 Å². The summed E-state index contributed by atoms with van der Waals surface area (Å²) in [6.07, 6.45) is 0. The Bertz CT molecular complexity index is 31.2. The van der Waals surface area contributed by atoms with Crippen molar-refractivity contribution in [1.29, 1.82) is 0 Å². The Morgan fingerprint density at radius 1 is 0.900 bits per heavy atom. The monoisotopic (exact) mass is 292 g/mol. The molecule has 56 valence electrons. The molecule has 10 heteroatoms.